The summed E-state index contributed by atoms with van der Waals surface area (Å²) in [6, 6.07) is 0. The summed E-state index contributed by atoms with van der Waals surface area (Å²) < 4.78 is 14.1. The van der Waals surface area contributed by atoms with Crippen molar-refractivity contribution in [2.75, 3.05) is 0 Å². The van der Waals surface area contributed by atoms with Crippen LogP contribution in [0.4, 0.5) is 0 Å². The number of rotatable bonds is 5. The summed E-state index contributed by atoms with van der Waals surface area (Å²) >= 11 is 0. The Morgan fingerprint density at radius 1 is 1.55 bits per heavy atom. The van der Waals surface area contributed by atoms with Crippen LogP contribution in [-0.4, -0.2) is 9.79 Å². The summed E-state index contributed by atoms with van der Waals surface area (Å²) in [6.07, 6.45) is 5.50. The fraction of sp³-hybridized carbons (Fsp3) is 0.667. The van der Waals surface area contributed by atoms with Crippen LogP contribution < -0.4 is 0 Å². The maximum absolute atomic E-state index is 10.1. The largest absolute Gasteiger partial charge is 0.524 e. The van der Waals surface area contributed by atoms with Crippen molar-refractivity contribution in [3.8, 4) is 0 Å². The van der Waals surface area contributed by atoms with Gasteiger partial charge in [-0.15, -0.1) is 0 Å². The Hall–Kier alpha value is -0.310. The van der Waals surface area contributed by atoms with Crippen molar-refractivity contribution in [1.82, 2.24) is 0 Å². The Balaban J connectivity index is 3.38. The molecular formula is C6H13O4P. The summed E-state index contributed by atoms with van der Waals surface area (Å²) in [4.78, 5) is 16.4. The zero-order valence-electron chi connectivity index (χ0n) is 6.43. The molecule has 4 nitrogen and oxygen atoms in total. The van der Waals surface area contributed by atoms with E-state index in [1.807, 2.05) is 6.92 Å². The molecule has 66 valence electrons. The van der Waals surface area contributed by atoms with E-state index in [1.165, 1.54) is 0 Å². The molecule has 0 bridgehead atoms. The van der Waals surface area contributed by atoms with Gasteiger partial charge in [0.2, 0.25) is 0 Å². The Bertz CT molecular complexity index is 160. The van der Waals surface area contributed by atoms with Crippen LogP contribution in [-0.2, 0) is 9.09 Å². The second kappa shape index (κ2) is 5.35. The summed E-state index contributed by atoms with van der Waals surface area (Å²) in [5, 5.41) is 0. The molecule has 0 heterocycles. The minimum Gasteiger partial charge on any atom is -0.413 e. The molecule has 0 fully saturated rings. The molecule has 0 aromatic rings. The van der Waals surface area contributed by atoms with Gasteiger partial charge < -0.3 is 4.52 Å². The fourth-order valence-electron chi connectivity index (χ4n) is 0.512. The Labute approximate surface area is 66.1 Å². The van der Waals surface area contributed by atoms with Gasteiger partial charge in [0.05, 0.1) is 6.26 Å². The maximum Gasteiger partial charge on any atom is 0.524 e. The van der Waals surface area contributed by atoms with Crippen LogP contribution in [0.1, 0.15) is 26.2 Å². The third kappa shape index (κ3) is 9.69. The molecule has 0 aliphatic rings. The van der Waals surface area contributed by atoms with Crippen molar-refractivity contribution < 1.29 is 18.9 Å². The Morgan fingerprint density at radius 2 is 2.18 bits per heavy atom. The van der Waals surface area contributed by atoms with Gasteiger partial charge in [0.25, 0.3) is 0 Å². The van der Waals surface area contributed by atoms with Crippen molar-refractivity contribution in [1.29, 1.82) is 0 Å². The number of hydrogen-bond acceptors (Lipinski definition) is 2. The Morgan fingerprint density at radius 3 is 2.64 bits per heavy atom. The first kappa shape index (κ1) is 10.7. The van der Waals surface area contributed by atoms with Crippen LogP contribution in [0.5, 0.6) is 0 Å². The first-order chi connectivity index (χ1) is 5.06. The predicted molar refractivity (Wildman–Crippen MR) is 41.8 cm³/mol. The molecule has 0 atom stereocenters. The molecule has 0 spiro atoms. The fourth-order valence-corrected chi connectivity index (χ4v) is 0.757. The van der Waals surface area contributed by atoms with Crippen LogP contribution >= 0.6 is 7.82 Å². The quantitative estimate of drug-likeness (QED) is 0.384. The standard InChI is InChI=1S/C6H13O4P/c1-2-3-4-5-6-10-11(7,8)9/h5-6H,2-4H2,1H3,(H2,7,8,9). The molecule has 0 aromatic carbocycles. The van der Waals surface area contributed by atoms with E-state index in [0.717, 1.165) is 25.5 Å². The monoisotopic (exact) mass is 180 g/mol. The molecule has 0 aliphatic carbocycles. The molecule has 0 saturated heterocycles. The minimum atomic E-state index is -4.30. The molecule has 0 rings (SSSR count). The van der Waals surface area contributed by atoms with E-state index >= 15 is 0 Å². The summed E-state index contributed by atoms with van der Waals surface area (Å²) in [6.45, 7) is 2.04. The number of phosphoric acid groups is 1. The van der Waals surface area contributed by atoms with Gasteiger partial charge in [0, 0.05) is 0 Å². The zero-order chi connectivity index (χ0) is 8.74. The minimum absolute atomic E-state index is 0.788. The highest BCUT2D eigenvalue weighted by molar-refractivity contribution is 7.46. The van der Waals surface area contributed by atoms with E-state index in [4.69, 9.17) is 9.79 Å². The predicted octanol–water partition coefficient (Wildman–Crippen LogP) is 1.80. The lowest BCUT2D eigenvalue weighted by molar-refractivity contribution is 0.258. The molecule has 0 unspecified atom stereocenters. The molecule has 0 saturated carbocycles. The molecule has 5 heteroatoms. The van der Waals surface area contributed by atoms with Gasteiger partial charge in [0.15, 0.2) is 0 Å². The van der Waals surface area contributed by atoms with Crippen LogP contribution in [0.3, 0.4) is 0 Å². The van der Waals surface area contributed by atoms with Crippen molar-refractivity contribution in [3.05, 3.63) is 12.3 Å². The lowest BCUT2D eigenvalue weighted by Gasteiger charge is -1.99. The SMILES string of the molecule is CCCCC=COP(=O)(O)O. The van der Waals surface area contributed by atoms with Crippen molar-refractivity contribution in [2.45, 2.75) is 26.2 Å². The second-order valence-corrected chi connectivity index (χ2v) is 3.30. The van der Waals surface area contributed by atoms with E-state index in [0.29, 0.717) is 0 Å². The smallest absolute Gasteiger partial charge is 0.413 e. The normalized spacial score (nSPS) is 12.3. The van der Waals surface area contributed by atoms with Gasteiger partial charge in [-0.05, 0) is 18.9 Å². The van der Waals surface area contributed by atoms with Crippen molar-refractivity contribution in [2.24, 2.45) is 0 Å². The molecule has 2 N–H and O–H groups in total. The lowest BCUT2D eigenvalue weighted by atomic mass is 10.2. The number of phosphoric ester groups is 1. The molecular weight excluding hydrogens is 167 g/mol. The topological polar surface area (TPSA) is 66.8 Å². The third-order valence-electron chi connectivity index (χ3n) is 1.02. The Kier molecular flexibility index (Phi) is 5.20. The number of unbranched alkanes of at least 4 members (excludes halogenated alkanes) is 2. The van der Waals surface area contributed by atoms with E-state index in [9.17, 15) is 4.57 Å². The molecule has 0 aromatic heterocycles. The van der Waals surface area contributed by atoms with E-state index in [2.05, 4.69) is 4.52 Å². The summed E-state index contributed by atoms with van der Waals surface area (Å²) in [5.41, 5.74) is 0. The summed E-state index contributed by atoms with van der Waals surface area (Å²) in [7, 11) is -4.30. The molecule has 0 radical (unpaired) electrons. The van der Waals surface area contributed by atoms with E-state index in [1.54, 1.807) is 6.08 Å². The molecule has 0 aliphatic heterocycles. The third-order valence-corrected chi connectivity index (χ3v) is 1.42. The lowest BCUT2D eigenvalue weighted by Crippen LogP contribution is -1.77. The van der Waals surface area contributed by atoms with Gasteiger partial charge in [-0.3, -0.25) is 9.79 Å². The second-order valence-electron chi connectivity index (χ2n) is 2.11. The van der Waals surface area contributed by atoms with E-state index < -0.39 is 7.82 Å². The first-order valence-electron chi connectivity index (χ1n) is 3.45. The van der Waals surface area contributed by atoms with Crippen molar-refractivity contribution >= 4 is 7.82 Å². The van der Waals surface area contributed by atoms with Crippen LogP contribution in [0, 0.1) is 0 Å². The molecule has 0 amide bonds. The van der Waals surface area contributed by atoms with Gasteiger partial charge in [-0.1, -0.05) is 13.3 Å². The number of allylic oxidation sites excluding steroid dienone is 1. The van der Waals surface area contributed by atoms with Gasteiger partial charge in [0.1, 0.15) is 0 Å². The maximum atomic E-state index is 10.1. The highest BCUT2D eigenvalue weighted by Gasteiger charge is 2.10. The highest BCUT2D eigenvalue weighted by Crippen LogP contribution is 2.35. The van der Waals surface area contributed by atoms with Crippen LogP contribution in [0.2, 0.25) is 0 Å². The van der Waals surface area contributed by atoms with Crippen molar-refractivity contribution in [3.63, 3.8) is 0 Å². The number of hydrogen-bond donors (Lipinski definition) is 2. The zero-order valence-corrected chi connectivity index (χ0v) is 7.33. The first-order valence-corrected chi connectivity index (χ1v) is 4.98. The van der Waals surface area contributed by atoms with Crippen LogP contribution in [0.15, 0.2) is 12.3 Å². The van der Waals surface area contributed by atoms with Gasteiger partial charge in [-0.25, -0.2) is 4.57 Å². The average Bonchev–Trinajstić information content (AvgIpc) is 1.85. The van der Waals surface area contributed by atoms with Gasteiger partial charge in [-0.2, -0.15) is 0 Å². The van der Waals surface area contributed by atoms with Gasteiger partial charge >= 0.3 is 7.82 Å². The highest BCUT2D eigenvalue weighted by atomic mass is 31.2. The molecule has 11 heavy (non-hydrogen) atoms. The van der Waals surface area contributed by atoms with E-state index in [-0.39, 0.29) is 0 Å². The van der Waals surface area contributed by atoms with Crippen LogP contribution in [0.25, 0.3) is 0 Å². The summed E-state index contributed by atoms with van der Waals surface area (Å²) in [5.74, 6) is 0. The average molecular weight is 180 g/mol.